The molecule has 2 atom stereocenters. The Morgan fingerprint density at radius 1 is 1.46 bits per heavy atom. The third kappa shape index (κ3) is 4.13. The molecule has 1 aliphatic heterocycles. The zero-order valence-corrected chi connectivity index (χ0v) is 14.6. The van der Waals surface area contributed by atoms with E-state index in [1.807, 2.05) is 0 Å². The summed E-state index contributed by atoms with van der Waals surface area (Å²) < 4.78 is 35.3. The molecule has 1 amide bonds. The molecule has 0 saturated carbocycles. The summed E-state index contributed by atoms with van der Waals surface area (Å²) in [4.78, 5) is 26.6. The number of carbonyl (C=O) groups excluding carboxylic acids is 1. The molecule has 10 heteroatoms. The second-order valence-corrected chi connectivity index (χ2v) is 7.95. The fourth-order valence-electron chi connectivity index (χ4n) is 2.34. The van der Waals surface area contributed by atoms with Gasteiger partial charge < -0.3 is 19.8 Å². The van der Waals surface area contributed by atoms with Gasteiger partial charge in [0.05, 0.1) is 32.1 Å². The third-order valence-electron chi connectivity index (χ3n) is 3.84. The largest absolute Gasteiger partial charge is 0.491 e. The molecule has 24 heavy (non-hydrogen) atoms. The summed E-state index contributed by atoms with van der Waals surface area (Å²) in [6.45, 7) is 0.469. The molecule has 0 aromatic carbocycles. The molecule has 0 radical (unpaired) electrons. The number of ether oxygens (including phenoxy) is 2. The average molecular weight is 359 g/mol. The van der Waals surface area contributed by atoms with Gasteiger partial charge in [-0.05, 0) is 0 Å². The van der Waals surface area contributed by atoms with Gasteiger partial charge in [-0.2, -0.15) is 0 Å². The van der Waals surface area contributed by atoms with E-state index >= 15 is 0 Å². The summed E-state index contributed by atoms with van der Waals surface area (Å²) >= 11 is 0. The van der Waals surface area contributed by atoms with Crippen LogP contribution in [-0.2, 0) is 14.8 Å². The van der Waals surface area contributed by atoms with Crippen molar-refractivity contribution in [3.63, 3.8) is 0 Å². The van der Waals surface area contributed by atoms with Crippen LogP contribution in [0.5, 0.6) is 5.75 Å². The Morgan fingerprint density at radius 3 is 2.75 bits per heavy atom. The van der Waals surface area contributed by atoms with Crippen molar-refractivity contribution in [2.75, 3.05) is 40.2 Å². The first-order valence-electron chi connectivity index (χ1n) is 7.30. The van der Waals surface area contributed by atoms with Gasteiger partial charge in [0.2, 0.25) is 15.5 Å². The number of hydrogen-bond acceptors (Lipinski definition) is 6. The molecule has 9 nitrogen and oxygen atoms in total. The number of nitrogens with zero attached hydrogens (tertiary/aromatic N) is 1. The number of rotatable bonds is 6. The van der Waals surface area contributed by atoms with E-state index < -0.39 is 27.4 Å². The van der Waals surface area contributed by atoms with Crippen LogP contribution in [0.1, 0.15) is 10.5 Å². The first-order valence-corrected chi connectivity index (χ1v) is 8.91. The lowest BCUT2D eigenvalue weighted by atomic mass is 10.1. The lowest BCUT2D eigenvalue weighted by molar-refractivity contribution is 0.0920. The van der Waals surface area contributed by atoms with Crippen LogP contribution in [0.3, 0.4) is 0 Å². The molecule has 134 valence electrons. The molecular weight excluding hydrogens is 338 g/mol. The van der Waals surface area contributed by atoms with Gasteiger partial charge >= 0.3 is 0 Å². The lowest BCUT2D eigenvalue weighted by Gasteiger charge is -2.21. The van der Waals surface area contributed by atoms with Crippen molar-refractivity contribution in [3.05, 3.63) is 28.2 Å². The van der Waals surface area contributed by atoms with Crippen molar-refractivity contribution >= 4 is 15.9 Å². The molecule has 1 fully saturated rings. The van der Waals surface area contributed by atoms with E-state index in [1.54, 1.807) is 0 Å². The van der Waals surface area contributed by atoms with Gasteiger partial charge in [0.25, 0.3) is 5.91 Å². The van der Waals surface area contributed by atoms with Crippen LogP contribution in [0.2, 0.25) is 0 Å². The first-order chi connectivity index (χ1) is 11.2. The van der Waals surface area contributed by atoms with Crippen molar-refractivity contribution in [1.29, 1.82) is 0 Å². The monoisotopic (exact) mass is 359 g/mol. The maximum atomic E-state index is 12.3. The van der Waals surface area contributed by atoms with Gasteiger partial charge in [-0.15, -0.1) is 0 Å². The fraction of sp³-hybridized carbons (Fsp3) is 0.571. The normalized spacial score (nSPS) is 21.0. The van der Waals surface area contributed by atoms with Gasteiger partial charge in [-0.1, -0.05) is 0 Å². The zero-order valence-electron chi connectivity index (χ0n) is 13.7. The molecule has 0 unspecified atom stereocenters. The lowest BCUT2D eigenvalue weighted by Crippen LogP contribution is -2.44. The molecule has 0 bridgehead atoms. The Balaban J connectivity index is 2.08. The second kappa shape index (κ2) is 7.32. The van der Waals surface area contributed by atoms with Crippen molar-refractivity contribution in [1.82, 2.24) is 14.6 Å². The molecule has 1 aromatic heterocycles. The van der Waals surface area contributed by atoms with Gasteiger partial charge in [-0.3, -0.25) is 9.59 Å². The van der Waals surface area contributed by atoms with E-state index in [9.17, 15) is 18.0 Å². The van der Waals surface area contributed by atoms with Crippen LogP contribution in [0.25, 0.3) is 0 Å². The van der Waals surface area contributed by atoms with Crippen LogP contribution in [-0.4, -0.2) is 69.8 Å². The highest BCUT2D eigenvalue weighted by molar-refractivity contribution is 7.89. The molecule has 0 spiro atoms. The van der Waals surface area contributed by atoms with Crippen molar-refractivity contribution in [3.8, 4) is 5.75 Å². The predicted molar refractivity (Wildman–Crippen MR) is 86.7 cm³/mol. The van der Waals surface area contributed by atoms with Crippen LogP contribution in [0.15, 0.2) is 17.1 Å². The van der Waals surface area contributed by atoms with Gasteiger partial charge in [0, 0.05) is 32.3 Å². The highest BCUT2D eigenvalue weighted by Crippen LogP contribution is 2.17. The smallest absolute Gasteiger partial charge is 0.268 e. The van der Waals surface area contributed by atoms with Gasteiger partial charge in [0.1, 0.15) is 5.69 Å². The number of sulfonamides is 1. The van der Waals surface area contributed by atoms with Crippen LogP contribution in [0, 0.1) is 5.92 Å². The topological polar surface area (TPSA) is 118 Å². The maximum absolute atomic E-state index is 12.3. The Hall–Kier alpha value is -1.91. The molecule has 2 N–H and O–H groups in total. The third-order valence-corrected chi connectivity index (χ3v) is 5.80. The molecule has 1 aromatic rings. The van der Waals surface area contributed by atoms with Crippen LogP contribution in [0.4, 0.5) is 0 Å². The second-order valence-electron chi connectivity index (χ2n) is 5.72. The predicted octanol–water partition coefficient (Wildman–Crippen LogP) is -0.980. The molecular formula is C14H21N3O6S. The number of amides is 1. The summed E-state index contributed by atoms with van der Waals surface area (Å²) in [5.41, 5.74) is -0.349. The number of H-pyrrole nitrogens is 1. The summed E-state index contributed by atoms with van der Waals surface area (Å²) in [6, 6.07) is 0.688. The van der Waals surface area contributed by atoms with Crippen molar-refractivity contribution < 1.29 is 22.7 Å². The number of hydrogen-bond donors (Lipinski definition) is 2. The minimum atomic E-state index is -3.40. The number of pyridine rings is 1. The molecule has 2 rings (SSSR count). The average Bonchev–Trinajstić information content (AvgIpc) is 2.93. The number of aromatic nitrogens is 1. The van der Waals surface area contributed by atoms with E-state index in [2.05, 4.69) is 10.3 Å². The minimum Gasteiger partial charge on any atom is -0.491 e. The minimum absolute atomic E-state index is 0.0712. The number of methoxy groups -OCH3 is 1. The summed E-state index contributed by atoms with van der Waals surface area (Å²) in [7, 11) is 0.872. The number of aromatic amines is 1. The van der Waals surface area contributed by atoms with E-state index in [1.165, 1.54) is 27.4 Å². The summed E-state index contributed by atoms with van der Waals surface area (Å²) in [5.74, 6) is -0.876. The Bertz CT molecular complexity index is 758. The molecule has 1 aliphatic rings. The molecule has 0 aliphatic carbocycles. The number of nitrogens with one attached hydrogen (secondary N) is 2. The summed E-state index contributed by atoms with van der Waals surface area (Å²) in [6.07, 6.45) is 1.30. The Labute approximate surface area is 140 Å². The molecule has 2 heterocycles. The highest BCUT2D eigenvalue weighted by Gasteiger charge is 2.34. The van der Waals surface area contributed by atoms with E-state index in [0.717, 1.165) is 10.4 Å². The van der Waals surface area contributed by atoms with Crippen LogP contribution >= 0.6 is 0 Å². The molecule has 1 saturated heterocycles. The Morgan fingerprint density at radius 2 is 2.17 bits per heavy atom. The first kappa shape index (κ1) is 18.4. The highest BCUT2D eigenvalue weighted by atomic mass is 32.2. The van der Waals surface area contributed by atoms with Crippen molar-refractivity contribution in [2.45, 2.75) is 6.04 Å². The maximum Gasteiger partial charge on any atom is 0.268 e. The summed E-state index contributed by atoms with van der Waals surface area (Å²) in [5, 5.41) is 2.71. The zero-order chi connectivity index (χ0) is 17.9. The standard InChI is InChI=1S/C14H21N3O6S/c1-17(2)24(20,21)8-9-6-23-7-11(9)16-14(19)10-4-12(18)13(22-3)5-15-10/h4-5,9,11H,6-8H2,1-3H3,(H,15,18)(H,16,19)/t9-,11+/m0/s1. The van der Waals surface area contributed by atoms with Crippen LogP contribution < -0.4 is 15.5 Å². The fourth-order valence-corrected chi connectivity index (χ4v) is 3.50. The van der Waals surface area contributed by atoms with Gasteiger partial charge in [-0.25, -0.2) is 12.7 Å². The van der Waals surface area contributed by atoms with Crippen molar-refractivity contribution in [2.24, 2.45) is 5.92 Å². The Kier molecular flexibility index (Phi) is 5.62. The van der Waals surface area contributed by atoms with Gasteiger partial charge in [0.15, 0.2) is 5.75 Å². The SMILES string of the molecule is COc1c[nH]c(C(=O)N[C@@H]2COC[C@H]2CS(=O)(=O)N(C)C)cc1=O. The van der Waals surface area contributed by atoms with E-state index in [4.69, 9.17) is 9.47 Å². The van der Waals surface area contributed by atoms with E-state index in [0.29, 0.717) is 0 Å². The quantitative estimate of drug-likeness (QED) is 0.674. The number of carbonyl (C=O) groups is 1. The van der Waals surface area contributed by atoms with E-state index in [-0.39, 0.29) is 36.3 Å².